The molecular formula is C24H26N4O3S. The topological polar surface area (TPSA) is 78.3 Å². The molecule has 1 atom stereocenters. The van der Waals surface area contributed by atoms with E-state index >= 15 is 0 Å². The first-order valence-electron chi connectivity index (χ1n) is 10.5. The van der Waals surface area contributed by atoms with Crippen molar-refractivity contribution < 1.29 is 14.3 Å². The number of hydrogen-bond acceptors (Lipinski definition) is 6. The maximum Gasteiger partial charge on any atom is 0.234 e. The van der Waals surface area contributed by atoms with Crippen LogP contribution in [-0.4, -0.2) is 33.0 Å². The van der Waals surface area contributed by atoms with Crippen molar-refractivity contribution in [2.45, 2.75) is 38.1 Å². The van der Waals surface area contributed by atoms with E-state index in [1.807, 2.05) is 54.0 Å². The van der Waals surface area contributed by atoms with E-state index < -0.39 is 0 Å². The monoisotopic (exact) mass is 450 g/mol. The van der Waals surface area contributed by atoms with Crippen LogP contribution in [0.2, 0.25) is 0 Å². The van der Waals surface area contributed by atoms with Gasteiger partial charge in [0, 0.05) is 12.2 Å². The van der Waals surface area contributed by atoms with Crippen molar-refractivity contribution in [3.05, 3.63) is 72.1 Å². The van der Waals surface area contributed by atoms with Gasteiger partial charge in [0.25, 0.3) is 0 Å². The molecule has 2 aromatic carbocycles. The van der Waals surface area contributed by atoms with Crippen LogP contribution in [0.3, 0.4) is 0 Å². The number of rotatable bonds is 8. The van der Waals surface area contributed by atoms with E-state index in [4.69, 9.17) is 9.47 Å². The summed E-state index contributed by atoms with van der Waals surface area (Å²) in [5.41, 5.74) is 3.06. The van der Waals surface area contributed by atoms with E-state index in [9.17, 15) is 4.79 Å². The van der Waals surface area contributed by atoms with E-state index in [1.54, 1.807) is 6.08 Å². The Labute approximate surface area is 191 Å². The molecule has 3 aromatic rings. The van der Waals surface area contributed by atoms with Gasteiger partial charge in [-0.15, -0.1) is 16.8 Å². The number of fused-ring (bicyclic) bond motifs is 1. The smallest absolute Gasteiger partial charge is 0.234 e. The number of amides is 1. The number of anilines is 1. The van der Waals surface area contributed by atoms with Crippen molar-refractivity contribution >= 4 is 23.4 Å². The third-order valence-electron chi connectivity index (χ3n) is 5.19. The largest absolute Gasteiger partial charge is 0.485 e. The lowest BCUT2D eigenvalue weighted by Gasteiger charge is -2.26. The molecular weight excluding hydrogens is 424 g/mol. The zero-order chi connectivity index (χ0) is 22.5. The van der Waals surface area contributed by atoms with Crippen molar-refractivity contribution in [2.75, 3.05) is 17.7 Å². The number of aromatic nitrogens is 3. The van der Waals surface area contributed by atoms with Crippen LogP contribution in [0.4, 0.5) is 5.69 Å². The fraction of sp³-hybridized carbons (Fsp3) is 0.292. The van der Waals surface area contributed by atoms with Crippen molar-refractivity contribution in [2.24, 2.45) is 0 Å². The van der Waals surface area contributed by atoms with Gasteiger partial charge in [-0.3, -0.25) is 9.36 Å². The Morgan fingerprint density at radius 1 is 1.25 bits per heavy atom. The number of nitrogens with one attached hydrogen (secondary N) is 1. The number of nitrogens with zero attached hydrogens (tertiary/aromatic N) is 3. The van der Waals surface area contributed by atoms with Gasteiger partial charge >= 0.3 is 0 Å². The SMILES string of the molecule is C=CCn1c(SCC(=O)Nc2c(C)cccc2CC)nnc1C1COc2ccccc2O1. The molecule has 0 saturated carbocycles. The number of ether oxygens (including phenoxy) is 2. The maximum absolute atomic E-state index is 12.7. The number of carbonyl (C=O) groups excluding carboxylic acids is 1. The number of thioether (sulfide) groups is 1. The van der Waals surface area contributed by atoms with Gasteiger partial charge in [-0.2, -0.15) is 0 Å². The Morgan fingerprint density at radius 2 is 2.06 bits per heavy atom. The highest BCUT2D eigenvalue weighted by Crippen LogP contribution is 2.36. The van der Waals surface area contributed by atoms with Crippen molar-refractivity contribution in [3.63, 3.8) is 0 Å². The third kappa shape index (κ3) is 4.65. The number of allylic oxidation sites excluding steroid dienone is 1. The normalized spacial score (nSPS) is 14.8. The highest BCUT2D eigenvalue weighted by atomic mass is 32.2. The first-order chi connectivity index (χ1) is 15.6. The van der Waals surface area contributed by atoms with Gasteiger partial charge in [0.2, 0.25) is 5.91 Å². The summed E-state index contributed by atoms with van der Waals surface area (Å²) in [5.74, 6) is 2.18. The second kappa shape index (κ2) is 9.91. The molecule has 1 amide bonds. The van der Waals surface area contributed by atoms with Gasteiger partial charge in [-0.1, -0.05) is 55.1 Å². The highest BCUT2D eigenvalue weighted by molar-refractivity contribution is 7.99. The molecule has 8 heteroatoms. The number of benzene rings is 2. The number of carbonyl (C=O) groups is 1. The average molecular weight is 451 g/mol. The summed E-state index contributed by atoms with van der Waals surface area (Å²) < 4.78 is 13.8. The first kappa shape index (κ1) is 22.0. The summed E-state index contributed by atoms with van der Waals surface area (Å²) in [7, 11) is 0. The minimum atomic E-state index is -0.389. The summed E-state index contributed by atoms with van der Waals surface area (Å²) in [4.78, 5) is 12.7. The summed E-state index contributed by atoms with van der Waals surface area (Å²) >= 11 is 1.34. The Bertz CT molecular complexity index is 1130. The van der Waals surface area contributed by atoms with Crippen LogP contribution in [0.1, 0.15) is 30.0 Å². The zero-order valence-electron chi connectivity index (χ0n) is 18.2. The molecule has 0 aliphatic carbocycles. The second-order valence-electron chi connectivity index (χ2n) is 7.40. The predicted molar refractivity (Wildman–Crippen MR) is 125 cm³/mol. The van der Waals surface area contributed by atoms with E-state index in [-0.39, 0.29) is 17.8 Å². The van der Waals surface area contributed by atoms with Gasteiger partial charge in [-0.05, 0) is 36.6 Å². The van der Waals surface area contributed by atoms with Gasteiger partial charge in [0.1, 0.15) is 6.61 Å². The summed E-state index contributed by atoms with van der Waals surface area (Å²) in [6.07, 6.45) is 2.24. The second-order valence-corrected chi connectivity index (χ2v) is 8.35. The van der Waals surface area contributed by atoms with Gasteiger partial charge in [-0.25, -0.2) is 0 Å². The van der Waals surface area contributed by atoms with Gasteiger partial charge in [0.15, 0.2) is 28.6 Å². The summed E-state index contributed by atoms with van der Waals surface area (Å²) in [5, 5.41) is 12.3. The minimum Gasteiger partial charge on any atom is -0.485 e. The van der Waals surface area contributed by atoms with Crippen LogP contribution in [0.5, 0.6) is 11.5 Å². The molecule has 1 aliphatic rings. The average Bonchev–Trinajstić information content (AvgIpc) is 3.21. The molecule has 4 rings (SSSR count). The van der Waals surface area contributed by atoms with Crippen LogP contribution in [0, 0.1) is 6.92 Å². The van der Waals surface area contributed by atoms with Gasteiger partial charge < -0.3 is 14.8 Å². The predicted octanol–water partition coefficient (Wildman–Crippen LogP) is 4.58. The lowest BCUT2D eigenvalue weighted by Crippen LogP contribution is -2.25. The molecule has 2 heterocycles. The molecule has 7 nitrogen and oxygen atoms in total. The Balaban J connectivity index is 1.46. The standard InChI is InChI=1S/C24H26N4O3S/c1-4-13-28-23(20-14-30-18-11-6-7-12-19(18)31-20)26-27-24(28)32-15-21(29)25-22-16(3)9-8-10-17(22)5-2/h4,6-12,20H,1,5,13-15H2,2-3H3,(H,25,29). The highest BCUT2D eigenvalue weighted by Gasteiger charge is 2.28. The summed E-state index contributed by atoms with van der Waals surface area (Å²) in [6, 6.07) is 13.6. The number of hydrogen-bond donors (Lipinski definition) is 1. The quantitative estimate of drug-likeness (QED) is 0.400. The van der Waals surface area contributed by atoms with E-state index in [0.29, 0.717) is 35.6 Å². The van der Waals surface area contributed by atoms with Crippen LogP contribution < -0.4 is 14.8 Å². The minimum absolute atomic E-state index is 0.0834. The fourth-order valence-electron chi connectivity index (χ4n) is 3.60. The van der Waals surface area contributed by atoms with E-state index in [2.05, 4.69) is 29.0 Å². The van der Waals surface area contributed by atoms with E-state index in [0.717, 1.165) is 23.2 Å². The Hall–Kier alpha value is -3.26. The lowest BCUT2D eigenvalue weighted by atomic mass is 10.1. The van der Waals surface area contributed by atoms with E-state index in [1.165, 1.54) is 11.8 Å². The Morgan fingerprint density at radius 3 is 2.84 bits per heavy atom. The van der Waals surface area contributed by atoms with Gasteiger partial charge in [0.05, 0.1) is 5.75 Å². The zero-order valence-corrected chi connectivity index (χ0v) is 19.0. The van der Waals surface area contributed by atoms with Crippen molar-refractivity contribution in [1.82, 2.24) is 14.8 Å². The summed E-state index contributed by atoms with van der Waals surface area (Å²) in [6.45, 7) is 8.76. The lowest BCUT2D eigenvalue weighted by molar-refractivity contribution is -0.113. The number of aryl methyl sites for hydroxylation is 2. The van der Waals surface area contributed by atoms with Crippen LogP contribution >= 0.6 is 11.8 Å². The van der Waals surface area contributed by atoms with Crippen LogP contribution in [0.25, 0.3) is 0 Å². The number of para-hydroxylation sites is 3. The third-order valence-corrected chi connectivity index (χ3v) is 6.16. The van der Waals surface area contributed by atoms with Crippen molar-refractivity contribution in [1.29, 1.82) is 0 Å². The van der Waals surface area contributed by atoms with Crippen LogP contribution in [0.15, 0.2) is 60.3 Å². The molecule has 32 heavy (non-hydrogen) atoms. The molecule has 0 spiro atoms. The molecule has 0 fully saturated rings. The maximum atomic E-state index is 12.7. The van der Waals surface area contributed by atoms with Crippen molar-refractivity contribution in [3.8, 4) is 11.5 Å². The molecule has 166 valence electrons. The molecule has 1 aromatic heterocycles. The molecule has 1 unspecified atom stereocenters. The fourth-order valence-corrected chi connectivity index (χ4v) is 4.35. The Kier molecular flexibility index (Phi) is 6.80. The molecule has 0 saturated heterocycles. The molecule has 1 aliphatic heterocycles. The molecule has 1 N–H and O–H groups in total. The first-order valence-corrected chi connectivity index (χ1v) is 11.5. The van der Waals surface area contributed by atoms with Crippen LogP contribution in [-0.2, 0) is 17.8 Å². The molecule has 0 bridgehead atoms. The molecule has 0 radical (unpaired) electrons.